The Labute approximate surface area is 180 Å². The van der Waals surface area contributed by atoms with E-state index in [9.17, 15) is 9.59 Å². The molecule has 2 amide bonds. The van der Waals surface area contributed by atoms with E-state index in [4.69, 9.17) is 0 Å². The van der Waals surface area contributed by atoms with Crippen LogP contribution < -0.4 is 15.1 Å². The van der Waals surface area contributed by atoms with Gasteiger partial charge >= 0.3 is 0 Å². The molecule has 6 heteroatoms. The average Bonchev–Trinajstić information content (AvgIpc) is 2.74. The molecule has 6 nitrogen and oxygen atoms in total. The highest BCUT2D eigenvalue weighted by molar-refractivity contribution is 5.96. The number of nitrogens with one attached hydrogen (secondary N) is 2. The molecule has 0 spiro atoms. The second kappa shape index (κ2) is 11.4. The molecule has 0 aliphatic rings. The summed E-state index contributed by atoms with van der Waals surface area (Å²) in [4.78, 5) is 30.0. The SMILES string of the molecule is CCN(CC)C(=O)c1ccc(NC(=O)C[NH+](CC)Cc2ccc(N(C)C)cc2)cc1. The summed E-state index contributed by atoms with van der Waals surface area (Å²) in [6.07, 6.45) is 0. The van der Waals surface area contributed by atoms with Crippen LogP contribution in [0.1, 0.15) is 36.7 Å². The summed E-state index contributed by atoms with van der Waals surface area (Å²) in [6, 6.07) is 15.6. The van der Waals surface area contributed by atoms with Gasteiger partial charge in [-0.1, -0.05) is 12.1 Å². The number of amides is 2. The van der Waals surface area contributed by atoms with Crippen molar-refractivity contribution in [3.63, 3.8) is 0 Å². The van der Waals surface area contributed by atoms with Gasteiger partial charge in [-0.3, -0.25) is 9.59 Å². The summed E-state index contributed by atoms with van der Waals surface area (Å²) in [7, 11) is 4.05. The van der Waals surface area contributed by atoms with Crippen molar-refractivity contribution in [3.8, 4) is 0 Å². The summed E-state index contributed by atoms with van der Waals surface area (Å²) in [5, 5.41) is 2.95. The van der Waals surface area contributed by atoms with Gasteiger partial charge in [0.25, 0.3) is 11.8 Å². The standard InChI is InChI=1S/C24H34N4O2/c1-6-27(17-19-9-15-22(16-10-19)26(4)5)18-23(29)25-21-13-11-20(12-14-21)24(30)28(7-2)8-3/h9-16H,6-8,17-18H2,1-5H3,(H,25,29)/p+1. The fourth-order valence-electron chi connectivity index (χ4n) is 3.33. The van der Waals surface area contributed by atoms with Crippen LogP contribution in [0.4, 0.5) is 11.4 Å². The van der Waals surface area contributed by atoms with Gasteiger partial charge in [-0.15, -0.1) is 0 Å². The molecule has 0 aliphatic carbocycles. The molecule has 2 N–H and O–H groups in total. The third-order valence-corrected chi connectivity index (χ3v) is 5.28. The maximum Gasteiger partial charge on any atom is 0.279 e. The predicted molar refractivity (Wildman–Crippen MR) is 123 cm³/mol. The van der Waals surface area contributed by atoms with Crippen LogP contribution in [0.3, 0.4) is 0 Å². The first-order chi connectivity index (χ1) is 14.4. The molecule has 30 heavy (non-hydrogen) atoms. The van der Waals surface area contributed by atoms with E-state index in [0.29, 0.717) is 30.9 Å². The van der Waals surface area contributed by atoms with Crippen molar-refractivity contribution in [3.05, 3.63) is 59.7 Å². The summed E-state index contributed by atoms with van der Waals surface area (Å²) in [6.45, 7) is 9.44. The molecule has 2 aromatic rings. The van der Waals surface area contributed by atoms with Crippen molar-refractivity contribution in [2.45, 2.75) is 27.3 Å². The van der Waals surface area contributed by atoms with Crippen LogP contribution in [-0.4, -0.2) is 57.0 Å². The topological polar surface area (TPSA) is 57.1 Å². The van der Waals surface area contributed by atoms with Crippen LogP contribution in [0.15, 0.2) is 48.5 Å². The Hall–Kier alpha value is -2.86. The minimum Gasteiger partial charge on any atom is -0.378 e. The number of carbonyl (C=O) groups excluding carboxylic acids is 2. The number of hydrogen-bond acceptors (Lipinski definition) is 3. The minimum absolute atomic E-state index is 0.0137. The first-order valence-electron chi connectivity index (χ1n) is 10.7. The van der Waals surface area contributed by atoms with Gasteiger partial charge in [0.2, 0.25) is 0 Å². The van der Waals surface area contributed by atoms with E-state index in [1.807, 2.05) is 27.9 Å². The van der Waals surface area contributed by atoms with Crippen LogP contribution >= 0.6 is 0 Å². The van der Waals surface area contributed by atoms with Gasteiger partial charge in [0.1, 0.15) is 6.54 Å². The smallest absolute Gasteiger partial charge is 0.279 e. The normalized spacial score (nSPS) is 11.6. The first kappa shape index (κ1) is 23.4. The van der Waals surface area contributed by atoms with Crippen LogP contribution in [0.25, 0.3) is 0 Å². The molecule has 1 atom stereocenters. The van der Waals surface area contributed by atoms with Gasteiger partial charge in [-0.05, 0) is 57.2 Å². The van der Waals surface area contributed by atoms with Crippen molar-refractivity contribution in [2.75, 3.05) is 50.5 Å². The number of hydrogen-bond donors (Lipinski definition) is 2. The van der Waals surface area contributed by atoms with E-state index < -0.39 is 0 Å². The summed E-state index contributed by atoms with van der Waals surface area (Å²) >= 11 is 0. The maximum atomic E-state index is 12.5. The van der Waals surface area contributed by atoms with Crippen molar-refractivity contribution >= 4 is 23.2 Å². The van der Waals surface area contributed by atoms with E-state index in [2.05, 4.69) is 41.4 Å². The van der Waals surface area contributed by atoms with Gasteiger partial charge in [-0.2, -0.15) is 0 Å². The van der Waals surface area contributed by atoms with Crippen molar-refractivity contribution in [1.29, 1.82) is 0 Å². The molecule has 0 fully saturated rings. The Morgan fingerprint density at radius 1 is 0.900 bits per heavy atom. The molecule has 2 aromatic carbocycles. The van der Waals surface area contributed by atoms with E-state index in [-0.39, 0.29) is 11.8 Å². The van der Waals surface area contributed by atoms with Gasteiger partial charge in [-0.25, -0.2) is 0 Å². The second-order valence-electron chi connectivity index (χ2n) is 7.62. The minimum atomic E-state index is -0.0282. The zero-order chi connectivity index (χ0) is 22.1. The fourth-order valence-corrected chi connectivity index (χ4v) is 3.33. The number of likely N-dealkylation sites (N-methyl/N-ethyl adjacent to an activating group) is 1. The van der Waals surface area contributed by atoms with Gasteiger partial charge in [0, 0.05) is 49.7 Å². The molecular weight excluding hydrogens is 376 g/mol. The highest BCUT2D eigenvalue weighted by Crippen LogP contribution is 2.12. The van der Waals surface area contributed by atoms with E-state index >= 15 is 0 Å². The Morgan fingerprint density at radius 2 is 1.50 bits per heavy atom. The second-order valence-corrected chi connectivity index (χ2v) is 7.62. The molecule has 0 saturated heterocycles. The van der Waals surface area contributed by atoms with Gasteiger partial charge < -0.3 is 20.0 Å². The highest BCUT2D eigenvalue weighted by atomic mass is 16.2. The van der Waals surface area contributed by atoms with Crippen molar-refractivity contribution in [1.82, 2.24) is 4.90 Å². The number of nitrogens with zero attached hydrogens (tertiary/aromatic N) is 2. The third kappa shape index (κ3) is 6.59. The Balaban J connectivity index is 1.92. The zero-order valence-corrected chi connectivity index (χ0v) is 18.9. The quantitative estimate of drug-likeness (QED) is 0.631. The Bertz CT molecular complexity index is 812. The number of benzene rings is 2. The molecule has 0 aromatic heterocycles. The summed E-state index contributed by atoms with van der Waals surface area (Å²) < 4.78 is 0. The van der Waals surface area contributed by atoms with E-state index in [1.54, 1.807) is 29.2 Å². The number of carbonyl (C=O) groups is 2. The van der Waals surface area contributed by atoms with Gasteiger partial charge in [0.15, 0.2) is 6.54 Å². The van der Waals surface area contributed by atoms with Crippen LogP contribution in [0.2, 0.25) is 0 Å². The molecule has 0 radical (unpaired) electrons. The molecular formula is C24H35N4O2+. The fraction of sp³-hybridized carbons (Fsp3) is 0.417. The number of quaternary nitrogens is 1. The molecule has 2 rings (SSSR count). The van der Waals surface area contributed by atoms with Gasteiger partial charge in [0.05, 0.1) is 6.54 Å². The summed E-state index contributed by atoms with van der Waals surface area (Å²) in [5.74, 6) is -0.0145. The summed E-state index contributed by atoms with van der Waals surface area (Å²) in [5.41, 5.74) is 3.72. The van der Waals surface area contributed by atoms with Crippen LogP contribution in [0, 0.1) is 0 Å². The lowest BCUT2D eigenvalue weighted by molar-refractivity contribution is -0.903. The maximum absolute atomic E-state index is 12.5. The molecule has 0 aliphatic heterocycles. The van der Waals surface area contributed by atoms with Crippen LogP contribution in [-0.2, 0) is 11.3 Å². The lowest BCUT2D eigenvalue weighted by atomic mass is 10.1. The van der Waals surface area contributed by atoms with E-state index in [0.717, 1.165) is 18.8 Å². The average molecular weight is 412 g/mol. The number of anilines is 2. The largest absolute Gasteiger partial charge is 0.378 e. The molecule has 162 valence electrons. The molecule has 0 bridgehead atoms. The highest BCUT2D eigenvalue weighted by Gasteiger charge is 2.15. The van der Waals surface area contributed by atoms with Crippen LogP contribution in [0.5, 0.6) is 0 Å². The molecule has 0 heterocycles. The first-order valence-corrected chi connectivity index (χ1v) is 10.7. The monoisotopic (exact) mass is 411 g/mol. The lowest BCUT2D eigenvalue weighted by Gasteiger charge is -2.19. The zero-order valence-electron chi connectivity index (χ0n) is 18.9. The van der Waals surface area contributed by atoms with Crippen molar-refractivity contribution in [2.24, 2.45) is 0 Å². The lowest BCUT2D eigenvalue weighted by Crippen LogP contribution is -3.11. The molecule has 1 unspecified atom stereocenters. The third-order valence-electron chi connectivity index (χ3n) is 5.28. The molecule has 0 saturated carbocycles. The Kier molecular flexibility index (Phi) is 8.87. The Morgan fingerprint density at radius 3 is 2.00 bits per heavy atom. The van der Waals surface area contributed by atoms with Crippen molar-refractivity contribution < 1.29 is 14.5 Å². The number of rotatable bonds is 10. The predicted octanol–water partition coefficient (Wildman–Crippen LogP) is 2.28. The van der Waals surface area contributed by atoms with E-state index in [1.165, 1.54) is 10.5 Å².